The Kier molecular flexibility index (Phi) is 8.91. The average Bonchev–Trinajstić information content (AvgIpc) is 3.69. The third-order valence-electron chi connectivity index (χ3n) is 7.37. The number of carbonyl (C=O) groups is 1. The molecule has 0 spiro atoms. The van der Waals surface area contributed by atoms with Gasteiger partial charge >= 0.3 is 5.97 Å². The molecular formula is C32H34N4O6S. The van der Waals surface area contributed by atoms with Gasteiger partial charge in [0, 0.05) is 30.5 Å². The fourth-order valence-corrected chi connectivity index (χ4v) is 6.41. The Morgan fingerprint density at radius 1 is 1.09 bits per heavy atom. The van der Waals surface area contributed by atoms with Gasteiger partial charge in [-0.05, 0) is 94.6 Å². The van der Waals surface area contributed by atoms with Gasteiger partial charge in [0.1, 0.15) is 27.8 Å². The molecule has 0 radical (unpaired) electrons. The Labute approximate surface area is 254 Å². The number of hydrogen-bond donors (Lipinski definition) is 1. The van der Waals surface area contributed by atoms with Crippen molar-refractivity contribution in [2.75, 3.05) is 31.2 Å². The zero-order chi connectivity index (χ0) is 30.7. The number of aliphatic hydroxyl groups is 1. The van der Waals surface area contributed by atoms with E-state index in [4.69, 9.17) is 9.47 Å². The number of ether oxygens (including phenoxy) is 2. The standard InChI is InChI=1S/C32H34N4O6S/c1-5-41-25-12-9-23(10-13-25)33-31-29(32(38)42-6-2)30(37)28(43-31)18-22-17-20(3)35(21(22)4)24-11-14-26(27(19-24)36(39)40)34-15-7-8-16-34/h9-14,17-19,37H,5-8,15-16H2,1-4H3/b28-18-,33-31?. The highest BCUT2D eigenvalue weighted by Crippen LogP contribution is 2.41. The van der Waals surface area contributed by atoms with E-state index in [1.807, 2.05) is 43.5 Å². The number of aliphatic imine (C=N–C) groups is 1. The van der Waals surface area contributed by atoms with Crippen molar-refractivity contribution in [3.05, 3.63) is 91.8 Å². The van der Waals surface area contributed by atoms with E-state index in [-0.39, 0.29) is 28.5 Å². The number of hydrogen-bond acceptors (Lipinski definition) is 9. The van der Waals surface area contributed by atoms with Crippen molar-refractivity contribution in [2.45, 2.75) is 40.5 Å². The molecule has 11 heteroatoms. The van der Waals surface area contributed by atoms with E-state index in [1.165, 1.54) is 11.8 Å². The highest BCUT2D eigenvalue weighted by Gasteiger charge is 2.33. The van der Waals surface area contributed by atoms with E-state index >= 15 is 0 Å². The first-order valence-corrected chi connectivity index (χ1v) is 15.1. The van der Waals surface area contributed by atoms with Gasteiger partial charge in [0.15, 0.2) is 0 Å². The maximum atomic E-state index is 12.9. The second-order valence-corrected chi connectivity index (χ2v) is 11.2. The maximum absolute atomic E-state index is 12.9. The number of aliphatic hydroxyl groups excluding tert-OH is 1. The molecule has 2 aliphatic heterocycles. The van der Waals surface area contributed by atoms with Gasteiger partial charge in [-0.15, -0.1) is 0 Å². The van der Waals surface area contributed by atoms with Gasteiger partial charge in [0.25, 0.3) is 5.69 Å². The summed E-state index contributed by atoms with van der Waals surface area (Å²) >= 11 is 1.18. The largest absolute Gasteiger partial charge is 0.506 e. The van der Waals surface area contributed by atoms with Gasteiger partial charge < -0.3 is 24.0 Å². The summed E-state index contributed by atoms with van der Waals surface area (Å²) in [6.07, 6.45) is 3.85. The number of esters is 1. The van der Waals surface area contributed by atoms with Crippen LogP contribution in [-0.2, 0) is 9.53 Å². The van der Waals surface area contributed by atoms with Crippen molar-refractivity contribution in [2.24, 2.45) is 4.99 Å². The lowest BCUT2D eigenvalue weighted by atomic mass is 10.1. The number of carbonyl (C=O) groups excluding carboxylic acids is 1. The van der Waals surface area contributed by atoms with E-state index < -0.39 is 5.97 Å². The van der Waals surface area contributed by atoms with Crippen molar-refractivity contribution in [1.29, 1.82) is 0 Å². The van der Waals surface area contributed by atoms with E-state index in [0.717, 1.165) is 42.9 Å². The van der Waals surface area contributed by atoms with Gasteiger partial charge in [0.2, 0.25) is 0 Å². The normalized spacial score (nSPS) is 16.9. The summed E-state index contributed by atoms with van der Waals surface area (Å²) in [5, 5.41) is 23.5. The zero-order valence-electron chi connectivity index (χ0n) is 24.6. The minimum Gasteiger partial charge on any atom is -0.506 e. The number of aryl methyl sites for hydroxylation is 1. The SMILES string of the molecule is CCOC(=O)C1=C(O)/C(=C/c2cc(C)n(-c3ccc(N4CCCC4)c([N+](=O)[O-])c3)c2C)SC1=Nc1ccc(OCC)cc1. The summed E-state index contributed by atoms with van der Waals surface area (Å²) in [5.74, 6) is -0.151. The lowest BCUT2D eigenvalue weighted by Gasteiger charge is -2.19. The lowest BCUT2D eigenvalue weighted by Crippen LogP contribution is -2.19. The van der Waals surface area contributed by atoms with Crippen LogP contribution in [0.4, 0.5) is 17.1 Å². The molecule has 3 heterocycles. The first-order chi connectivity index (χ1) is 20.7. The van der Waals surface area contributed by atoms with Crippen molar-refractivity contribution < 1.29 is 24.3 Å². The zero-order valence-corrected chi connectivity index (χ0v) is 25.4. The molecule has 2 aliphatic rings. The van der Waals surface area contributed by atoms with Crippen molar-refractivity contribution in [1.82, 2.24) is 4.57 Å². The molecule has 3 aromatic rings. The van der Waals surface area contributed by atoms with E-state index in [0.29, 0.717) is 39.4 Å². The molecule has 43 heavy (non-hydrogen) atoms. The van der Waals surface area contributed by atoms with Crippen LogP contribution >= 0.6 is 11.8 Å². The molecule has 5 rings (SSSR count). The smallest absolute Gasteiger partial charge is 0.344 e. The van der Waals surface area contributed by atoms with Gasteiger partial charge in [-0.25, -0.2) is 9.79 Å². The van der Waals surface area contributed by atoms with Crippen LogP contribution in [0.15, 0.2) is 69.8 Å². The summed E-state index contributed by atoms with van der Waals surface area (Å²) < 4.78 is 12.7. The Hall–Kier alpha value is -4.51. The average molecular weight is 603 g/mol. The van der Waals surface area contributed by atoms with Crippen LogP contribution in [0.25, 0.3) is 11.8 Å². The summed E-state index contributed by atoms with van der Waals surface area (Å²) in [6.45, 7) is 9.77. The molecular weight excluding hydrogens is 568 g/mol. The third-order valence-corrected chi connectivity index (χ3v) is 8.39. The molecule has 1 fully saturated rings. The summed E-state index contributed by atoms with van der Waals surface area (Å²) in [7, 11) is 0. The summed E-state index contributed by atoms with van der Waals surface area (Å²) in [5.41, 5.74) is 4.49. The molecule has 0 saturated carbocycles. The van der Waals surface area contributed by atoms with Crippen LogP contribution in [0.1, 0.15) is 43.6 Å². The second kappa shape index (κ2) is 12.8. The molecule has 1 saturated heterocycles. The molecule has 2 aromatic carbocycles. The minimum atomic E-state index is -0.656. The number of nitro benzene ring substituents is 1. The molecule has 0 atom stereocenters. The summed E-state index contributed by atoms with van der Waals surface area (Å²) in [6, 6.07) is 14.4. The highest BCUT2D eigenvalue weighted by molar-refractivity contribution is 8.18. The maximum Gasteiger partial charge on any atom is 0.344 e. The van der Waals surface area contributed by atoms with Crippen LogP contribution in [0.3, 0.4) is 0 Å². The van der Waals surface area contributed by atoms with Crippen molar-refractivity contribution in [3.8, 4) is 11.4 Å². The van der Waals surface area contributed by atoms with E-state index in [2.05, 4.69) is 9.89 Å². The number of rotatable bonds is 9. The number of aromatic nitrogens is 1. The first-order valence-electron chi connectivity index (χ1n) is 14.3. The number of benzene rings is 2. The van der Waals surface area contributed by atoms with Crippen LogP contribution in [0.2, 0.25) is 0 Å². The Balaban J connectivity index is 1.51. The fourth-order valence-electron chi connectivity index (χ4n) is 5.39. The van der Waals surface area contributed by atoms with Crippen molar-refractivity contribution in [3.63, 3.8) is 0 Å². The number of anilines is 1. The number of nitrogens with zero attached hydrogens (tertiary/aromatic N) is 4. The second-order valence-electron chi connectivity index (χ2n) is 10.2. The van der Waals surface area contributed by atoms with Crippen LogP contribution in [0, 0.1) is 24.0 Å². The van der Waals surface area contributed by atoms with E-state index in [1.54, 1.807) is 43.3 Å². The van der Waals surface area contributed by atoms with Gasteiger partial charge in [-0.2, -0.15) is 0 Å². The number of nitro groups is 1. The molecule has 0 amide bonds. The fraction of sp³-hybridized carbons (Fsp3) is 0.312. The molecule has 224 valence electrons. The molecule has 0 aliphatic carbocycles. The molecule has 10 nitrogen and oxygen atoms in total. The first kappa shape index (κ1) is 30.0. The van der Waals surface area contributed by atoms with Gasteiger partial charge in [0.05, 0.1) is 34.4 Å². The van der Waals surface area contributed by atoms with Crippen LogP contribution in [-0.4, -0.2) is 51.9 Å². The Bertz CT molecular complexity index is 1650. The molecule has 1 N–H and O–H groups in total. The van der Waals surface area contributed by atoms with Crippen LogP contribution in [0.5, 0.6) is 5.75 Å². The molecule has 0 unspecified atom stereocenters. The van der Waals surface area contributed by atoms with Gasteiger partial charge in [-0.3, -0.25) is 10.1 Å². The van der Waals surface area contributed by atoms with E-state index in [9.17, 15) is 20.0 Å². The van der Waals surface area contributed by atoms with Crippen LogP contribution < -0.4 is 9.64 Å². The Morgan fingerprint density at radius 3 is 2.47 bits per heavy atom. The summed E-state index contributed by atoms with van der Waals surface area (Å²) in [4.78, 5) is 31.7. The lowest BCUT2D eigenvalue weighted by molar-refractivity contribution is -0.384. The van der Waals surface area contributed by atoms with Crippen molar-refractivity contribution >= 4 is 45.9 Å². The predicted octanol–water partition coefficient (Wildman–Crippen LogP) is 7.19. The minimum absolute atomic E-state index is 0.00826. The Morgan fingerprint density at radius 2 is 1.81 bits per heavy atom. The topological polar surface area (TPSA) is 119 Å². The predicted molar refractivity (Wildman–Crippen MR) is 170 cm³/mol. The monoisotopic (exact) mass is 602 g/mol. The molecule has 0 bridgehead atoms. The number of thioether (sulfide) groups is 1. The quantitative estimate of drug-likeness (QED) is 0.155. The molecule has 1 aromatic heterocycles. The van der Waals surface area contributed by atoms with Gasteiger partial charge in [-0.1, -0.05) is 11.8 Å². The third kappa shape index (κ3) is 6.17. The highest BCUT2D eigenvalue weighted by atomic mass is 32.2.